The van der Waals surface area contributed by atoms with Gasteiger partial charge in [0.05, 0.1) is 26.9 Å². The topological polar surface area (TPSA) is 35.6 Å². The fraction of sp³-hybridized carbons (Fsp3) is 0. The van der Waals surface area contributed by atoms with Crippen molar-refractivity contribution in [2.45, 2.75) is 0 Å². The number of para-hydroxylation sites is 2. The van der Waals surface area contributed by atoms with Crippen LogP contribution in [-0.2, 0) is 0 Å². The summed E-state index contributed by atoms with van der Waals surface area (Å²) in [5, 5.41) is 3.50. The van der Waals surface area contributed by atoms with Gasteiger partial charge in [-0.3, -0.25) is 0 Å². The normalized spacial score (nSPS) is 11.6. The fourth-order valence-corrected chi connectivity index (χ4v) is 6.36. The van der Waals surface area contributed by atoms with Crippen LogP contribution in [-0.4, -0.2) is 19.1 Å². The second-order valence-corrected chi connectivity index (χ2v) is 10.6. The molecule has 39 heavy (non-hydrogen) atoms. The Bertz CT molecular complexity index is 2100. The Morgan fingerprint density at radius 1 is 0.564 bits per heavy atom. The number of rotatable bonds is 4. The van der Waals surface area contributed by atoms with Crippen LogP contribution in [0, 0.1) is 0 Å². The molecule has 0 amide bonds. The third-order valence-corrected chi connectivity index (χ3v) is 8.30. The molecule has 0 saturated carbocycles. The highest BCUT2D eigenvalue weighted by atomic mass is 32.1. The first kappa shape index (κ1) is 22.0. The molecule has 0 aliphatic carbocycles. The van der Waals surface area contributed by atoms with Crippen LogP contribution in [0.3, 0.4) is 0 Å². The molecule has 0 unspecified atom stereocenters. The molecule has 184 valence electrons. The number of hydrogen-bond acceptors (Lipinski definition) is 3. The van der Waals surface area contributed by atoms with Gasteiger partial charge in [-0.05, 0) is 60.7 Å². The maximum atomic E-state index is 4.95. The molecular formula is C34H22N4S. The summed E-state index contributed by atoms with van der Waals surface area (Å²) in [6, 6.07) is 42.5. The van der Waals surface area contributed by atoms with Crippen LogP contribution in [0.4, 0.5) is 0 Å². The molecule has 0 spiro atoms. The summed E-state index contributed by atoms with van der Waals surface area (Å²) in [5.41, 5.74) is 7.65. The van der Waals surface area contributed by atoms with Gasteiger partial charge in [-0.15, -0.1) is 11.3 Å². The van der Waals surface area contributed by atoms with Crippen molar-refractivity contribution < 1.29 is 0 Å². The van der Waals surface area contributed by atoms with E-state index in [1.54, 1.807) is 11.3 Å². The first-order valence-corrected chi connectivity index (χ1v) is 13.7. The minimum atomic E-state index is 0.903. The van der Waals surface area contributed by atoms with Gasteiger partial charge < -0.3 is 9.13 Å². The van der Waals surface area contributed by atoms with E-state index < -0.39 is 0 Å². The predicted molar refractivity (Wildman–Crippen MR) is 162 cm³/mol. The van der Waals surface area contributed by atoms with Crippen LogP contribution in [0.5, 0.6) is 0 Å². The van der Waals surface area contributed by atoms with Gasteiger partial charge in [-0.2, -0.15) is 0 Å². The zero-order valence-corrected chi connectivity index (χ0v) is 21.7. The zero-order valence-electron chi connectivity index (χ0n) is 20.9. The second-order valence-electron chi connectivity index (χ2n) is 9.59. The number of pyridine rings is 1. The number of aromatic nitrogens is 4. The Hall–Kier alpha value is -5.00. The molecule has 0 bridgehead atoms. The highest BCUT2D eigenvalue weighted by Gasteiger charge is 2.15. The van der Waals surface area contributed by atoms with Gasteiger partial charge in [0.25, 0.3) is 0 Å². The molecule has 0 N–H and O–H groups in total. The standard InChI is InChI=1S/C34H22N4S/c1-3-14-30-26(11-1)27-18-17-24(34-36-29-12-2-4-15-32(29)39-34)22-31(27)38(30)25-10-7-9-23(21-25)28-13-8-16-33(35-28)37-19-5-6-20-37/h1-22H. The molecule has 8 rings (SSSR count). The number of hydrogen-bond donors (Lipinski definition) is 0. The van der Waals surface area contributed by atoms with Crippen LogP contribution < -0.4 is 0 Å². The minimum Gasteiger partial charge on any atom is -0.309 e. The number of fused-ring (bicyclic) bond motifs is 4. The van der Waals surface area contributed by atoms with Crippen molar-refractivity contribution in [1.29, 1.82) is 0 Å². The van der Waals surface area contributed by atoms with E-state index >= 15 is 0 Å². The van der Waals surface area contributed by atoms with Gasteiger partial charge in [-0.1, -0.05) is 60.7 Å². The van der Waals surface area contributed by atoms with E-state index in [9.17, 15) is 0 Å². The molecule has 8 aromatic rings. The van der Waals surface area contributed by atoms with Crippen molar-refractivity contribution in [2.24, 2.45) is 0 Å². The molecule has 4 aromatic carbocycles. The zero-order chi connectivity index (χ0) is 25.8. The van der Waals surface area contributed by atoms with Crippen molar-refractivity contribution in [1.82, 2.24) is 19.1 Å². The van der Waals surface area contributed by atoms with Gasteiger partial charge in [0.2, 0.25) is 0 Å². The summed E-state index contributed by atoms with van der Waals surface area (Å²) in [5.74, 6) is 0.903. The molecule has 0 aliphatic heterocycles. The SMILES string of the molecule is c1cc(-c2cccc(-n3cccc3)n2)cc(-n2c3ccccc3c3ccc(-c4nc5ccccc5s4)cc32)c1. The Labute approximate surface area is 229 Å². The van der Waals surface area contributed by atoms with Crippen LogP contribution in [0.25, 0.3) is 65.4 Å². The molecule has 0 aliphatic rings. The number of nitrogens with zero attached hydrogens (tertiary/aromatic N) is 4. The summed E-state index contributed by atoms with van der Waals surface area (Å²) in [6.45, 7) is 0. The molecule has 4 aromatic heterocycles. The summed E-state index contributed by atoms with van der Waals surface area (Å²) >= 11 is 1.74. The predicted octanol–water partition coefficient (Wildman–Crippen LogP) is 8.91. The average molecular weight is 519 g/mol. The maximum Gasteiger partial charge on any atom is 0.137 e. The van der Waals surface area contributed by atoms with Crippen LogP contribution in [0.2, 0.25) is 0 Å². The summed E-state index contributed by atoms with van der Waals surface area (Å²) in [6.07, 6.45) is 4.04. The Morgan fingerprint density at radius 3 is 2.31 bits per heavy atom. The smallest absolute Gasteiger partial charge is 0.137 e. The highest BCUT2D eigenvalue weighted by Crippen LogP contribution is 2.37. The molecule has 0 saturated heterocycles. The lowest BCUT2D eigenvalue weighted by Crippen LogP contribution is -1.97. The van der Waals surface area contributed by atoms with Crippen LogP contribution in [0.15, 0.2) is 134 Å². The van der Waals surface area contributed by atoms with E-state index in [2.05, 4.69) is 102 Å². The first-order valence-electron chi connectivity index (χ1n) is 12.9. The molecule has 4 heterocycles. The summed E-state index contributed by atoms with van der Waals surface area (Å²) in [4.78, 5) is 9.88. The largest absolute Gasteiger partial charge is 0.309 e. The van der Waals surface area contributed by atoms with E-state index in [0.29, 0.717) is 0 Å². The van der Waals surface area contributed by atoms with Gasteiger partial charge in [0.1, 0.15) is 10.8 Å². The second kappa shape index (κ2) is 8.79. The lowest BCUT2D eigenvalue weighted by Gasteiger charge is -2.11. The molecular weight excluding hydrogens is 496 g/mol. The van der Waals surface area contributed by atoms with Crippen LogP contribution in [0.1, 0.15) is 0 Å². The average Bonchev–Trinajstić information content (AvgIpc) is 3.75. The van der Waals surface area contributed by atoms with Crippen LogP contribution >= 0.6 is 11.3 Å². The minimum absolute atomic E-state index is 0.903. The first-order chi connectivity index (χ1) is 19.3. The fourth-order valence-electron chi connectivity index (χ4n) is 5.40. The third kappa shape index (κ3) is 3.67. The van der Waals surface area contributed by atoms with Gasteiger partial charge in [0.15, 0.2) is 0 Å². The van der Waals surface area contributed by atoms with Gasteiger partial charge in [-0.25, -0.2) is 9.97 Å². The summed E-state index contributed by atoms with van der Waals surface area (Å²) in [7, 11) is 0. The van der Waals surface area contributed by atoms with Crippen molar-refractivity contribution in [3.05, 3.63) is 134 Å². The molecule has 0 fully saturated rings. The molecule has 4 nitrogen and oxygen atoms in total. The number of thiazole rings is 1. The van der Waals surface area contributed by atoms with Crippen molar-refractivity contribution in [3.63, 3.8) is 0 Å². The third-order valence-electron chi connectivity index (χ3n) is 7.22. The van der Waals surface area contributed by atoms with Crippen molar-refractivity contribution in [2.75, 3.05) is 0 Å². The van der Waals surface area contributed by atoms with E-state index in [-0.39, 0.29) is 0 Å². The summed E-state index contributed by atoms with van der Waals surface area (Å²) < 4.78 is 5.60. The van der Waals surface area contributed by atoms with Gasteiger partial charge in [0, 0.05) is 40.0 Å². The van der Waals surface area contributed by atoms with E-state index in [0.717, 1.165) is 38.9 Å². The molecule has 0 radical (unpaired) electrons. The molecule has 5 heteroatoms. The Balaban J connectivity index is 1.31. The van der Waals surface area contributed by atoms with Gasteiger partial charge >= 0.3 is 0 Å². The lowest BCUT2D eigenvalue weighted by atomic mass is 10.1. The van der Waals surface area contributed by atoms with E-state index in [1.807, 2.05) is 41.2 Å². The monoisotopic (exact) mass is 518 g/mol. The van der Waals surface area contributed by atoms with Crippen molar-refractivity contribution >= 4 is 43.4 Å². The van der Waals surface area contributed by atoms with E-state index in [4.69, 9.17) is 9.97 Å². The van der Waals surface area contributed by atoms with Crippen molar-refractivity contribution in [3.8, 4) is 33.3 Å². The highest BCUT2D eigenvalue weighted by molar-refractivity contribution is 7.21. The lowest BCUT2D eigenvalue weighted by molar-refractivity contribution is 1.01. The number of benzene rings is 4. The quantitative estimate of drug-likeness (QED) is 0.233. The molecule has 0 atom stereocenters. The Morgan fingerprint density at radius 2 is 1.38 bits per heavy atom. The van der Waals surface area contributed by atoms with E-state index in [1.165, 1.54) is 26.5 Å². The maximum absolute atomic E-state index is 4.95. The Kier molecular flexibility index (Phi) is 4.96.